The van der Waals surface area contributed by atoms with Gasteiger partial charge in [0.15, 0.2) is 0 Å². The van der Waals surface area contributed by atoms with Gasteiger partial charge in [0.2, 0.25) is 10.0 Å². The normalized spacial score (nSPS) is 24.1. The van der Waals surface area contributed by atoms with Crippen molar-refractivity contribution in [3.63, 3.8) is 0 Å². The van der Waals surface area contributed by atoms with E-state index < -0.39 is 10.0 Å². The number of ether oxygens (including phenoxy) is 1. The fourth-order valence-electron chi connectivity index (χ4n) is 2.16. The van der Waals surface area contributed by atoms with Gasteiger partial charge in [-0.3, -0.25) is 0 Å². The molecule has 2 N–H and O–H groups in total. The van der Waals surface area contributed by atoms with E-state index in [4.69, 9.17) is 10.5 Å². The number of nitrogens with two attached hydrogens (primary N) is 1. The summed E-state index contributed by atoms with van der Waals surface area (Å²) in [5.74, 6) is 0. The molecule has 0 aromatic rings. The molecule has 0 amide bonds. The second-order valence-corrected chi connectivity index (χ2v) is 7.07. The van der Waals surface area contributed by atoms with Crippen LogP contribution in [-0.4, -0.2) is 50.3 Å². The van der Waals surface area contributed by atoms with Gasteiger partial charge in [0, 0.05) is 19.7 Å². The molecule has 0 aromatic carbocycles. The Morgan fingerprint density at radius 2 is 1.82 bits per heavy atom. The lowest BCUT2D eigenvalue weighted by molar-refractivity contribution is 0.0208. The van der Waals surface area contributed by atoms with Gasteiger partial charge < -0.3 is 10.5 Å². The SMILES string of the molecule is NCCCOC1CCN(S(=O)(=O)C2CC2)CC1. The van der Waals surface area contributed by atoms with Crippen molar-refractivity contribution < 1.29 is 13.2 Å². The van der Waals surface area contributed by atoms with E-state index in [9.17, 15) is 8.42 Å². The third-order valence-corrected chi connectivity index (χ3v) is 5.81. The molecule has 0 atom stereocenters. The topological polar surface area (TPSA) is 72.6 Å². The van der Waals surface area contributed by atoms with E-state index in [0.29, 0.717) is 26.2 Å². The van der Waals surface area contributed by atoms with Gasteiger partial charge in [-0.2, -0.15) is 0 Å². The average Bonchev–Trinajstić information content (AvgIpc) is 3.14. The molecule has 1 saturated carbocycles. The molecule has 100 valence electrons. The minimum absolute atomic E-state index is 0.0859. The van der Waals surface area contributed by atoms with Crippen molar-refractivity contribution >= 4 is 10.0 Å². The molecule has 0 radical (unpaired) electrons. The Labute approximate surface area is 103 Å². The van der Waals surface area contributed by atoms with E-state index in [2.05, 4.69) is 0 Å². The standard InChI is InChI=1S/C11H22N2O3S/c12-6-1-9-16-10-4-7-13(8-5-10)17(14,15)11-2-3-11/h10-11H,1-9,12H2. The van der Waals surface area contributed by atoms with Crippen LogP contribution in [0.5, 0.6) is 0 Å². The Morgan fingerprint density at radius 3 is 2.35 bits per heavy atom. The van der Waals surface area contributed by atoms with Crippen LogP contribution in [0.3, 0.4) is 0 Å². The summed E-state index contributed by atoms with van der Waals surface area (Å²) in [4.78, 5) is 0. The molecule has 1 saturated heterocycles. The fraction of sp³-hybridized carbons (Fsp3) is 1.00. The van der Waals surface area contributed by atoms with Crippen molar-refractivity contribution in [1.82, 2.24) is 4.31 Å². The van der Waals surface area contributed by atoms with Crippen LogP contribution in [0.4, 0.5) is 0 Å². The number of piperidine rings is 1. The van der Waals surface area contributed by atoms with Crippen LogP contribution in [0.2, 0.25) is 0 Å². The highest BCUT2D eigenvalue weighted by molar-refractivity contribution is 7.90. The lowest BCUT2D eigenvalue weighted by atomic mass is 10.1. The number of sulfonamides is 1. The summed E-state index contributed by atoms with van der Waals surface area (Å²) in [6.07, 6.45) is 4.41. The van der Waals surface area contributed by atoms with Gasteiger partial charge in [-0.05, 0) is 38.6 Å². The number of hydrogen-bond donors (Lipinski definition) is 1. The molecule has 1 heterocycles. The van der Waals surface area contributed by atoms with Gasteiger partial charge >= 0.3 is 0 Å². The first kappa shape index (κ1) is 13.3. The van der Waals surface area contributed by atoms with E-state index in [0.717, 1.165) is 32.1 Å². The van der Waals surface area contributed by atoms with E-state index in [1.54, 1.807) is 4.31 Å². The first-order chi connectivity index (χ1) is 8.14. The third kappa shape index (κ3) is 3.40. The van der Waals surface area contributed by atoms with E-state index >= 15 is 0 Å². The van der Waals surface area contributed by atoms with Gasteiger partial charge in [0.05, 0.1) is 11.4 Å². The monoisotopic (exact) mass is 262 g/mol. The highest BCUT2D eigenvalue weighted by Crippen LogP contribution is 2.32. The molecule has 0 unspecified atom stereocenters. The lowest BCUT2D eigenvalue weighted by Gasteiger charge is -2.31. The van der Waals surface area contributed by atoms with Gasteiger partial charge in [-0.1, -0.05) is 0 Å². The predicted molar refractivity (Wildman–Crippen MR) is 66.2 cm³/mol. The summed E-state index contributed by atoms with van der Waals surface area (Å²) in [7, 11) is -2.98. The van der Waals surface area contributed by atoms with Crippen LogP contribution in [0.25, 0.3) is 0 Å². The summed E-state index contributed by atoms with van der Waals surface area (Å²) in [5, 5.41) is -0.0859. The molecule has 0 bridgehead atoms. The number of nitrogens with zero attached hydrogens (tertiary/aromatic N) is 1. The maximum Gasteiger partial charge on any atom is 0.216 e. The summed E-state index contributed by atoms with van der Waals surface area (Å²) < 4.78 is 31.3. The van der Waals surface area contributed by atoms with Crippen LogP contribution in [0.15, 0.2) is 0 Å². The molecular weight excluding hydrogens is 240 g/mol. The summed E-state index contributed by atoms with van der Waals surface area (Å²) in [6.45, 7) is 2.57. The smallest absolute Gasteiger partial charge is 0.216 e. The predicted octanol–water partition coefficient (Wildman–Crippen LogP) is 0.308. The largest absolute Gasteiger partial charge is 0.378 e. The van der Waals surface area contributed by atoms with Gasteiger partial charge in [0.25, 0.3) is 0 Å². The van der Waals surface area contributed by atoms with Crippen LogP contribution in [0.1, 0.15) is 32.1 Å². The Balaban J connectivity index is 1.74. The van der Waals surface area contributed by atoms with E-state index in [1.807, 2.05) is 0 Å². The Morgan fingerprint density at radius 1 is 1.18 bits per heavy atom. The number of hydrogen-bond acceptors (Lipinski definition) is 4. The van der Waals surface area contributed by atoms with Gasteiger partial charge in [-0.25, -0.2) is 12.7 Å². The molecular formula is C11H22N2O3S. The number of rotatable bonds is 6. The summed E-state index contributed by atoms with van der Waals surface area (Å²) >= 11 is 0. The van der Waals surface area contributed by atoms with Crippen molar-refractivity contribution in [2.45, 2.75) is 43.5 Å². The van der Waals surface area contributed by atoms with Crippen molar-refractivity contribution in [1.29, 1.82) is 0 Å². The van der Waals surface area contributed by atoms with E-state index in [1.165, 1.54) is 0 Å². The second kappa shape index (κ2) is 5.65. The van der Waals surface area contributed by atoms with Crippen LogP contribution >= 0.6 is 0 Å². The molecule has 2 rings (SSSR count). The summed E-state index contributed by atoms with van der Waals surface area (Å²) in [6, 6.07) is 0. The van der Waals surface area contributed by atoms with Crippen LogP contribution < -0.4 is 5.73 Å². The zero-order valence-corrected chi connectivity index (χ0v) is 11.0. The summed E-state index contributed by atoms with van der Waals surface area (Å²) in [5.41, 5.74) is 5.40. The van der Waals surface area contributed by atoms with Gasteiger partial charge in [-0.15, -0.1) is 0 Å². The molecule has 0 spiro atoms. The lowest BCUT2D eigenvalue weighted by Crippen LogP contribution is -2.42. The molecule has 2 aliphatic rings. The maximum atomic E-state index is 12.0. The van der Waals surface area contributed by atoms with Crippen molar-refractivity contribution in [3.05, 3.63) is 0 Å². The first-order valence-corrected chi connectivity index (χ1v) is 7.95. The quantitative estimate of drug-likeness (QED) is 0.699. The molecule has 6 heteroatoms. The highest BCUT2D eigenvalue weighted by Gasteiger charge is 2.41. The minimum atomic E-state index is -2.98. The minimum Gasteiger partial charge on any atom is -0.378 e. The highest BCUT2D eigenvalue weighted by atomic mass is 32.2. The van der Waals surface area contributed by atoms with Crippen molar-refractivity contribution in [2.24, 2.45) is 5.73 Å². The Bertz CT molecular complexity index is 333. The Kier molecular flexibility index (Phi) is 4.41. The van der Waals surface area contributed by atoms with Crippen molar-refractivity contribution in [3.8, 4) is 0 Å². The van der Waals surface area contributed by atoms with Crippen LogP contribution in [-0.2, 0) is 14.8 Å². The molecule has 2 fully saturated rings. The fourth-order valence-corrected chi connectivity index (χ4v) is 4.04. The second-order valence-electron chi connectivity index (χ2n) is 4.86. The van der Waals surface area contributed by atoms with Crippen molar-refractivity contribution in [2.75, 3.05) is 26.2 Å². The molecule has 1 aliphatic carbocycles. The molecule has 5 nitrogen and oxygen atoms in total. The first-order valence-electron chi connectivity index (χ1n) is 6.45. The molecule has 1 aliphatic heterocycles. The third-order valence-electron chi connectivity index (χ3n) is 3.41. The zero-order chi connectivity index (χ0) is 12.3. The molecule has 17 heavy (non-hydrogen) atoms. The average molecular weight is 262 g/mol. The molecule has 0 aromatic heterocycles. The van der Waals surface area contributed by atoms with Gasteiger partial charge in [0.1, 0.15) is 0 Å². The zero-order valence-electron chi connectivity index (χ0n) is 10.2. The van der Waals surface area contributed by atoms with Crippen LogP contribution in [0, 0.1) is 0 Å². The Hall–Kier alpha value is -0.170. The maximum absolute atomic E-state index is 12.0. The van der Waals surface area contributed by atoms with E-state index in [-0.39, 0.29) is 11.4 Å².